The summed E-state index contributed by atoms with van der Waals surface area (Å²) in [7, 11) is 0. The minimum Gasteiger partial charge on any atom is -0.299 e. The van der Waals surface area contributed by atoms with E-state index in [1.807, 2.05) is 42.7 Å². The summed E-state index contributed by atoms with van der Waals surface area (Å²) >= 11 is 0. The quantitative estimate of drug-likeness (QED) is 0.0999. The number of pyridine rings is 2. The van der Waals surface area contributed by atoms with E-state index in [2.05, 4.69) is 175 Å². The summed E-state index contributed by atoms with van der Waals surface area (Å²) in [6, 6.07) is 63.9. The molecular weight excluding hydrogens is 767 g/mol. The first kappa shape index (κ1) is 36.3. The van der Waals surface area contributed by atoms with Crippen LogP contribution in [-0.2, 0) is 0 Å². The molecule has 2 heterocycles. The molecule has 0 unspecified atom stereocenters. The number of rotatable bonds is 6. The van der Waals surface area contributed by atoms with Gasteiger partial charge in [0.25, 0.3) is 0 Å². The van der Waals surface area contributed by atoms with Gasteiger partial charge >= 0.3 is 0 Å². The topological polar surface area (TPSA) is 74.0 Å². The summed E-state index contributed by atoms with van der Waals surface area (Å²) in [5.41, 5.74) is 15.9. The van der Waals surface area contributed by atoms with Crippen molar-refractivity contribution in [1.82, 2.24) is 9.97 Å². The summed E-state index contributed by atoms with van der Waals surface area (Å²) in [6.45, 7) is 0. The van der Waals surface area contributed by atoms with Gasteiger partial charge in [0, 0.05) is 34.3 Å². The third-order valence-corrected chi connectivity index (χ3v) is 12.4. The maximum atomic E-state index is 9.17. The molecule has 12 rings (SSSR count). The number of aromatic nitrogens is 2. The van der Waals surface area contributed by atoms with Crippen LogP contribution >= 0.6 is 0 Å². The molecule has 5 nitrogen and oxygen atoms in total. The molecule has 0 atom stereocenters. The minimum absolute atomic E-state index is 0.340. The molecule has 0 saturated heterocycles. The molecular formula is C58H37N5. The fraction of sp³-hybridized carbons (Fsp3) is 0. The Hall–Kier alpha value is -8.54. The number of para-hydroxylation sites is 2. The number of nitrogens with one attached hydrogen (secondary N) is 2. The summed E-state index contributed by atoms with van der Waals surface area (Å²) in [5.74, 6) is 0. The summed E-state index contributed by atoms with van der Waals surface area (Å²) in [5, 5.41) is 25.4. The zero-order valence-electron chi connectivity index (χ0n) is 34.0. The van der Waals surface area contributed by atoms with E-state index in [0.29, 0.717) is 11.4 Å². The lowest BCUT2D eigenvalue weighted by atomic mass is 9.84. The molecule has 0 saturated carbocycles. The van der Waals surface area contributed by atoms with Crippen LogP contribution in [0.15, 0.2) is 218 Å². The van der Waals surface area contributed by atoms with Crippen LogP contribution in [0.2, 0.25) is 0 Å². The Bertz CT molecular complexity index is 3670. The summed E-state index contributed by atoms with van der Waals surface area (Å²) < 4.78 is 0. The van der Waals surface area contributed by atoms with Crippen molar-refractivity contribution in [3.8, 4) is 33.4 Å². The smallest absolute Gasteiger partial charge is 0.108 e. The average Bonchev–Trinajstić information content (AvgIpc) is 3.34. The third-order valence-electron chi connectivity index (χ3n) is 12.4. The highest BCUT2D eigenvalue weighted by Gasteiger charge is 2.21. The number of anilines is 1. The maximum Gasteiger partial charge on any atom is 0.108 e. The van der Waals surface area contributed by atoms with Crippen LogP contribution in [0.25, 0.3) is 104 Å². The van der Waals surface area contributed by atoms with Gasteiger partial charge in [0.05, 0.1) is 22.4 Å². The molecule has 294 valence electrons. The number of allylic oxidation sites excluding steroid dienone is 4. The first-order valence-corrected chi connectivity index (χ1v) is 21.2. The molecule has 1 aliphatic carbocycles. The molecule has 0 aliphatic heterocycles. The van der Waals surface area contributed by atoms with E-state index in [1.54, 1.807) is 0 Å². The number of benzene rings is 9. The number of hydrogen-bond donors (Lipinski definition) is 2. The Labute approximate surface area is 363 Å². The van der Waals surface area contributed by atoms with Crippen LogP contribution < -0.4 is 5.43 Å². The van der Waals surface area contributed by atoms with Crippen molar-refractivity contribution in [3.05, 3.63) is 218 Å². The van der Waals surface area contributed by atoms with Crippen LogP contribution in [0.4, 0.5) is 5.69 Å². The van der Waals surface area contributed by atoms with Crippen molar-refractivity contribution >= 4 is 87.6 Å². The van der Waals surface area contributed by atoms with Crippen LogP contribution in [0.3, 0.4) is 0 Å². The molecule has 0 radical (unpaired) electrons. The molecule has 0 fully saturated rings. The van der Waals surface area contributed by atoms with Crippen molar-refractivity contribution in [2.45, 2.75) is 0 Å². The Kier molecular flexibility index (Phi) is 8.57. The van der Waals surface area contributed by atoms with Gasteiger partial charge < -0.3 is 0 Å². The Morgan fingerprint density at radius 3 is 1.24 bits per heavy atom. The zero-order chi connectivity index (χ0) is 41.9. The van der Waals surface area contributed by atoms with E-state index < -0.39 is 0 Å². The van der Waals surface area contributed by atoms with Crippen LogP contribution in [-0.4, -0.2) is 21.4 Å². The van der Waals surface area contributed by atoms with Crippen molar-refractivity contribution in [2.24, 2.45) is 5.10 Å². The molecule has 63 heavy (non-hydrogen) atoms. The Morgan fingerprint density at radius 2 is 0.794 bits per heavy atom. The van der Waals surface area contributed by atoms with E-state index in [-0.39, 0.29) is 0 Å². The fourth-order valence-corrected chi connectivity index (χ4v) is 9.54. The second-order valence-electron chi connectivity index (χ2n) is 16.0. The van der Waals surface area contributed by atoms with Gasteiger partial charge in [-0.1, -0.05) is 152 Å². The van der Waals surface area contributed by atoms with E-state index in [0.717, 1.165) is 82.4 Å². The van der Waals surface area contributed by atoms with Crippen LogP contribution in [0, 0.1) is 5.41 Å². The average molecular weight is 804 g/mol. The van der Waals surface area contributed by atoms with E-state index in [1.165, 1.54) is 32.7 Å². The number of hydrazone groups is 1. The fourth-order valence-electron chi connectivity index (χ4n) is 9.54. The third kappa shape index (κ3) is 6.17. The standard InChI is InChI=1S/C58H37N5/c59-51-33-39(56-45-17-5-9-21-49(45)58(50-22-10-6-18-46(50)56)41-32-38-14-2-12-24-53(38)61-35-41)27-30-54(51)63-62-42-28-25-36(26-29-42)55-43-15-3-7-19-47(43)57(48-20-8-4-16-44(48)55)40-31-37-13-1-11-23-52(37)60-34-40/h1-35,59,62H/b59-51?,63-54-. The predicted octanol–water partition coefficient (Wildman–Crippen LogP) is 14.8. The van der Waals surface area contributed by atoms with Crippen molar-refractivity contribution < 1.29 is 0 Å². The van der Waals surface area contributed by atoms with E-state index in [9.17, 15) is 0 Å². The van der Waals surface area contributed by atoms with Crippen LogP contribution in [0.5, 0.6) is 0 Å². The first-order valence-electron chi connectivity index (χ1n) is 21.2. The monoisotopic (exact) mass is 803 g/mol. The molecule has 0 bridgehead atoms. The highest BCUT2D eigenvalue weighted by atomic mass is 15.3. The molecule has 5 heteroatoms. The lowest BCUT2D eigenvalue weighted by Crippen LogP contribution is -2.13. The summed E-state index contributed by atoms with van der Waals surface area (Å²) in [4.78, 5) is 9.66. The number of nitrogens with zero attached hydrogens (tertiary/aromatic N) is 3. The number of hydrogen-bond acceptors (Lipinski definition) is 5. The highest BCUT2D eigenvalue weighted by Crippen LogP contribution is 2.45. The predicted molar refractivity (Wildman–Crippen MR) is 266 cm³/mol. The van der Waals surface area contributed by atoms with Gasteiger partial charge in [0.1, 0.15) is 5.71 Å². The minimum atomic E-state index is 0.340. The second-order valence-corrected chi connectivity index (χ2v) is 16.0. The molecule has 1 aliphatic rings. The number of fused-ring (bicyclic) bond motifs is 6. The Morgan fingerprint density at radius 1 is 0.397 bits per heavy atom. The normalized spacial score (nSPS) is 13.5. The lowest BCUT2D eigenvalue weighted by Gasteiger charge is -2.19. The van der Waals surface area contributed by atoms with E-state index >= 15 is 0 Å². The maximum absolute atomic E-state index is 9.17. The van der Waals surface area contributed by atoms with Gasteiger partial charge in [-0.05, 0) is 125 Å². The first-order chi connectivity index (χ1) is 31.2. The molecule has 0 amide bonds. The van der Waals surface area contributed by atoms with E-state index in [4.69, 9.17) is 20.5 Å². The molecule has 2 aromatic heterocycles. The molecule has 11 aromatic rings. The van der Waals surface area contributed by atoms with Gasteiger partial charge in [-0.15, -0.1) is 0 Å². The zero-order valence-corrected chi connectivity index (χ0v) is 34.0. The van der Waals surface area contributed by atoms with Crippen molar-refractivity contribution in [2.75, 3.05) is 5.43 Å². The molecule has 9 aromatic carbocycles. The van der Waals surface area contributed by atoms with Gasteiger partial charge in [0.2, 0.25) is 0 Å². The van der Waals surface area contributed by atoms with Gasteiger partial charge in [-0.2, -0.15) is 5.10 Å². The van der Waals surface area contributed by atoms with Gasteiger partial charge in [-0.25, -0.2) is 0 Å². The summed E-state index contributed by atoms with van der Waals surface area (Å²) in [6.07, 6.45) is 9.95. The largest absolute Gasteiger partial charge is 0.299 e. The van der Waals surface area contributed by atoms with Crippen molar-refractivity contribution in [3.63, 3.8) is 0 Å². The van der Waals surface area contributed by atoms with Crippen LogP contribution in [0.1, 0.15) is 5.56 Å². The van der Waals surface area contributed by atoms with Crippen molar-refractivity contribution in [1.29, 1.82) is 5.41 Å². The Balaban J connectivity index is 0.870. The van der Waals surface area contributed by atoms with Gasteiger partial charge in [0.15, 0.2) is 0 Å². The molecule has 0 spiro atoms. The highest BCUT2D eigenvalue weighted by molar-refractivity contribution is 6.52. The SMILES string of the molecule is N=C1C=C(c2c3ccccc3c(-c3cnc4ccccc4c3)c3ccccc23)C=C/C1=N/Nc1ccc(-c2c3ccccc3c(-c3cnc4ccccc4c3)c3ccccc23)cc1. The van der Waals surface area contributed by atoms with Gasteiger partial charge in [-0.3, -0.25) is 20.8 Å². The molecule has 2 N–H and O–H groups in total. The lowest BCUT2D eigenvalue weighted by molar-refractivity contribution is 1.34. The second kappa shape index (κ2) is 14.9.